The predicted molar refractivity (Wildman–Crippen MR) is 150 cm³/mol. The molecule has 10 nitrogen and oxygen atoms in total. The lowest BCUT2D eigenvalue weighted by Crippen LogP contribution is -2.59. The molecule has 206 valence electrons. The van der Waals surface area contributed by atoms with Crippen LogP contribution in [-0.2, 0) is 20.9 Å². The fourth-order valence-electron chi connectivity index (χ4n) is 5.23. The molecule has 5 rings (SSSR count). The third kappa shape index (κ3) is 6.43. The first-order chi connectivity index (χ1) is 18.4. The third-order valence-corrected chi connectivity index (χ3v) is 7.31. The second kappa shape index (κ2) is 13.0. The monoisotopic (exact) mass is 523 g/mol. The molecule has 2 fully saturated rings. The van der Waals surface area contributed by atoms with E-state index in [0.717, 1.165) is 86.5 Å². The average Bonchev–Trinajstić information content (AvgIpc) is 3.21. The van der Waals surface area contributed by atoms with Crippen LogP contribution in [0.1, 0.15) is 32.3 Å². The highest BCUT2D eigenvalue weighted by molar-refractivity contribution is 6.01. The standard InChI is InChI=1S/C25H37N7O2.C3H4O/c1-17(13-32(26-3)19-14-30(4)15-19)21-5-6-22-24(18(2)28-21)34-16-20-23(7-8-27-25(20)29-22)31-9-11-33-12-10-31;1-2-3-4/h7-8,13,19,21,26,28H,5-6,9-12,14-16H2,1-4H3;2-3H,1H2/b17-13+;. The van der Waals surface area contributed by atoms with Gasteiger partial charge in [-0.15, -0.1) is 0 Å². The van der Waals surface area contributed by atoms with Crippen LogP contribution in [0.4, 0.5) is 11.5 Å². The van der Waals surface area contributed by atoms with Crippen LogP contribution in [0.5, 0.6) is 0 Å². The number of fused-ring (bicyclic) bond motifs is 2. The summed E-state index contributed by atoms with van der Waals surface area (Å²) in [5.41, 5.74) is 8.89. The minimum absolute atomic E-state index is 0.228. The normalized spacial score (nSPS) is 22.1. The van der Waals surface area contributed by atoms with Gasteiger partial charge in [-0.1, -0.05) is 6.58 Å². The van der Waals surface area contributed by atoms with Gasteiger partial charge in [0.25, 0.3) is 0 Å². The van der Waals surface area contributed by atoms with Gasteiger partial charge in [-0.3, -0.25) is 4.79 Å². The number of aldehydes is 1. The van der Waals surface area contributed by atoms with Gasteiger partial charge in [-0.2, -0.15) is 0 Å². The number of allylic oxidation sites excluding steroid dienone is 3. The lowest BCUT2D eigenvalue weighted by atomic mass is 10.0. The van der Waals surface area contributed by atoms with Gasteiger partial charge >= 0.3 is 0 Å². The number of rotatable bonds is 6. The van der Waals surface area contributed by atoms with Crippen LogP contribution in [0, 0.1) is 0 Å². The number of pyridine rings is 1. The summed E-state index contributed by atoms with van der Waals surface area (Å²) in [7, 11) is 4.15. The predicted octanol–water partition coefficient (Wildman–Crippen LogP) is 2.53. The molecular formula is C28H41N7O3. The van der Waals surface area contributed by atoms with Gasteiger partial charge in [0, 0.05) is 57.4 Å². The Labute approximate surface area is 226 Å². The molecule has 5 heterocycles. The number of ether oxygens (including phenoxy) is 2. The van der Waals surface area contributed by atoms with Crippen molar-refractivity contribution < 1.29 is 14.3 Å². The smallest absolute Gasteiger partial charge is 0.160 e. The van der Waals surface area contributed by atoms with Crippen molar-refractivity contribution in [3.05, 3.63) is 53.7 Å². The van der Waals surface area contributed by atoms with Crippen molar-refractivity contribution in [1.82, 2.24) is 25.6 Å². The number of likely N-dealkylation sites (N-methyl/N-ethyl adjacent to an activating group) is 1. The van der Waals surface area contributed by atoms with Gasteiger partial charge in [0.1, 0.15) is 12.9 Å². The Morgan fingerprint density at radius 1 is 1.32 bits per heavy atom. The molecule has 1 unspecified atom stereocenters. The van der Waals surface area contributed by atoms with E-state index in [-0.39, 0.29) is 6.04 Å². The highest BCUT2D eigenvalue weighted by Gasteiger charge is 2.30. The zero-order valence-corrected chi connectivity index (χ0v) is 23.1. The van der Waals surface area contributed by atoms with Crippen molar-refractivity contribution in [3.8, 4) is 0 Å². The van der Waals surface area contributed by atoms with E-state index in [4.69, 9.17) is 19.3 Å². The molecule has 4 aliphatic rings. The van der Waals surface area contributed by atoms with Crippen molar-refractivity contribution in [1.29, 1.82) is 0 Å². The first-order valence-electron chi connectivity index (χ1n) is 13.3. The van der Waals surface area contributed by atoms with Crippen LogP contribution in [0.25, 0.3) is 0 Å². The SMILES string of the molecule is C=CC=O.CNN(/C=C(\C)C1CCC2=Nc3nccc(N4CCOCC4)c3COC2=C(C)N1)C1CN(C)C1. The summed E-state index contributed by atoms with van der Waals surface area (Å²) in [4.78, 5) is 23.4. The van der Waals surface area contributed by atoms with Crippen molar-refractivity contribution in [2.45, 2.75) is 45.4 Å². The summed E-state index contributed by atoms with van der Waals surface area (Å²) in [6.07, 6.45) is 7.74. The van der Waals surface area contributed by atoms with E-state index in [1.165, 1.54) is 11.6 Å². The maximum absolute atomic E-state index is 9.06. The molecular weight excluding hydrogens is 482 g/mol. The number of aliphatic imine (C=N–C) groups is 1. The van der Waals surface area contributed by atoms with Gasteiger partial charge in [0.2, 0.25) is 0 Å². The molecule has 2 N–H and O–H groups in total. The van der Waals surface area contributed by atoms with E-state index < -0.39 is 0 Å². The summed E-state index contributed by atoms with van der Waals surface area (Å²) < 4.78 is 11.9. The third-order valence-electron chi connectivity index (χ3n) is 7.31. The Hall–Kier alpha value is -3.21. The highest BCUT2D eigenvalue weighted by Crippen LogP contribution is 2.34. The van der Waals surface area contributed by atoms with Crippen molar-refractivity contribution in [3.63, 3.8) is 0 Å². The Balaban J connectivity index is 0.000000786. The van der Waals surface area contributed by atoms with Crippen molar-refractivity contribution >= 4 is 23.5 Å². The van der Waals surface area contributed by atoms with Crippen LogP contribution in [0.3, 0.4) is 0 Å². The molecule has 10 heteroatoms. The summed E-state index contributed by atoms with van der Waals surface area (Å²) in [6.45, 7) is 13.3. The maximum Gasteiger partial charge on any atom is 0.160 e. The molecule has 0 amide bonds. The van der Waals surface area contributed by atoms with E-state index in [0.29, 0.717) is 18.9 Å². The summed E-state index contributed by atoms with van der Waals surface area (Å²) >= 11 is 0. The minimum atomic E-state index is 0.228. The molecule has 0 radical (unpaired) electrons. The van der Waals surface area contributed by atoms with E-state index in [1.807, 2.05) is 13.2 Å². The number of carbonyl (C=O) groups is 1. The van der Waals surface area contributed by atoms with E-state index in [1.54, 1.807) is 0 Å². The van der Waals surface area contributed by atoms with Gasteiger partial charge in [0.05, 0.1) is 36.2 Å². The minimum Gasteiger partial charge on any atom is -0.485 e. The van der Waals surface area contributed by atoms with Gasteiger partial charge in [-0.25, -0.2) is 15.4 Å². The number of morpholine rings is 1. The van der Waals surface area contributed by atoms with Gasteiger partial charge < -0.3 is 29.6 Å². The second-order valence-corrected chi connectivity index (χ2v) is 10.0. The average molecular weight is 524 g/mol. The number of hydrogen-bond donors (Lipinski definition) is 2. The number of anilines is 1. The number of aromatic nitrogens is 1. The fourth-order valence-corrected chi connectivity index (χ4v) is 5.23. The number of likely N-dealkylation sites (tertiary alicyclic amines) is 1. The zero-order chi connectivity index (χ0) is 27.1. The van der Waals surface area contributed by atoms with Crippen LogP contribution in [-0.4, -0.2) is 92.5 Å². The van der Waals surface area contributed by atoms with E-state index in [9.17, 15) is 0 Å². The maximum atomic E-state index is 9.06. The molecule has 0 saturated carbocycles. The molecule has 1 aromatic rings. The lowest BCUT2D eigenvalue weighted by molar-refractivity contribution is -0.104. The topological polar surface area (TPSA) is 94.6 Å². The number of carbonyl (C=O) groups excluding carboxylic acids is 1. The summed E-state index contributed by atoms with van der Waals surface area (Å²) in [5, 5.41) is 5.96. The molecule has 1 aromatic heterocycles. The first-order valence-corrected chi connectivity index (χ1v) is 13.3. The van der Waals surface area contributed by atoms with Crippen LogP contribution < -0.4 is 15.6 Å². The van der Waals surface area contributed by atoms with Crippen LogP contribution in [0.15, 0.2) is 53.1 Å². The van der Waals surface area contributed by atoms with Gasteiger partial charge in [0.15, 0.2) is 11.6 Å². The lowest BCUT2D eigenvalue weighted by Gasteiger charge is -2.43. The molecule has 1 atom stereocenters. The van der Waals surface area contributed by atoms with Gasteiger partial charge in [-0.05, 0) is 51.5 Å². The largest absolute Gasteiger partial charge is 0.485 e. The number of nitrogens with one attached hydrogen (secondary N) is 2. The Morgan fingerprint density at radius 3 is 2.71 bits per heavy atom. The second-order valence-electron chi connectivity index (χ2n) is 10.0. The number of hydrazine groups is 1. The van der Waals surface area contributed by atoms with Crippen LogP contribution >= 0.6 is 0 Å². The Morgan fingerprint density at radius 2 is 2.05 bits per heavy atom. The molecule has 0 aromatic carbocycles. The molecule has 2 saturated heterocycles. The molecule has 4 aliphatic heterocycles. The van der Waals surface area contributed by atoms with E-state index >= 15 is 0 Å². The quantitative estimate of drug-likeness (QED) is 0.331. The number of hydrogen-bond acceptors (Lipinski definition) is 10. The highest BCUT2D eigenvalue weighted by atomic mass is 16.5. The molecule has 0 spiro atoms. The van der Waals surface area contributed by atoms with Crippen molar-refractivity contribution in [2.75, 3.05) is 58.4 Å². The molecule has 0 bridgehead atoms. The van der Waals surface area contributed by atoms with E-state index in [2.05, 4.69) is 70.3 Å². The molecule has 38 heavy (non-hydrogen) atoms. The summed E-state index contributed by atoms with van der Waals surface area (Å²) in [6, 6.07) is 2.81. The van der Waals surface area contributed by atoms with Crippen LogP contribution in [0.2, 0.25) is 0 Å². The fraction of sp³-hybridized carbons (Fsp3) is 0.536. The number of nitrogens with zero attached hydrogens (tertiary/aromatic N) is 5. The van der Waals surface area contributed by atoms with Crippen molar-refractivity contribution in [2.24, 2.45) is 4.99 Å². The Bertz CT molecular complexity index is 1080. The first kappa shape index (κ1) is 27.8. The summed E-state index contributed by atoms with van der Waals surface area (Å²) in [5.74, 6) is 1.65. The zero-order valence-electron chi connectivity index (χ0n) is 23.1. The Kier molecular flexibility index (Phi) is 9.54. The molecule has 0 aliphatic carbocycles.